The molecule has 0 heterocycles. The highest BCUT2D eigenvalue weighted by Crippen LogP contribution is 2.69. The van der Waals surface area contributed by atoms with E-state index in [9.17, 15) is 49.2 Å². The van der Waals surface area contributed by atoms with Gasteiger partial charge in [0.15, 0.2) is 19.8 Å². The monoisotopic (exact) mass is 954 g/mol. The minimum absolute atomic E-state index is 0.00686. The molecule has 0 spiro atoms. The van der Waals surface area contributed by atoms with E-state index < -0.39 is 94.8 Å². The highest BCUT2D eigenvalue weighted by molar-refractivity contribution is 5.89. The predicted molar refractivity (Wildman–Crippen MR) is 243 cm³/mol. The second-order valence-electron chi connectivity index (χ2n) is 24.8. The zero-order valence-electron chi connectivity index (χ0n) is 41.2. The van der Waals surface area contributed by atoms with E-state index in [1.807, 2.05) is 13.8 Å². The average molecular weight is 955 g/mol. The largest absolute Gasteiger partial charge is 0.456 e. The Morgan fingerprint density at radius 1 is 0.471 bits per heavy atom. The van der Waals surface area contributed by atoms with Crippen LogP contribution in [0.4, 0.5) is 0 Å². The van der Waals surface area contributed by atoms with Gasteiger partial charge >= 0.3 is 35.8 Å². The highest BCUT2D eigenvalue weighted by atomic mass is 16.6. The number of hydrogen-bond acceptors (Lipinski definition) is 16. The van der Waals surface area contributed by atoms with E-state index in [0.29, 0.717) is 56.8 Å². The van der Waals surface area contributed by atoms with Gasteiger partial charge in [0.05, 0.1) is 22.4 Å². The van der Waals surface area contributed by atoms with Crippen LogP contribution in [0.1, 0.15) is 158 Å². The first kappa shape index (κ1) is 51.7. The topological polar surface area (TPSA) is 239 Å². The molecule has 0 aliphatic heterocycles. The maximum Gasteiger partial charge on any atom is 0.344 e. The zero-order valence-corrected chi connectivity index (χ0v) is 41.2. The maximum atomic E-state index is 12.2. The second-order valence-corrected chi connectivity index (χ2v) is 24.8. The number of aliphatic hydroxyl groups is 4. The molecule has 16 heteroatoms. The Hall–Kier alpha value is -4.12. The van der Waals surface area contributed by atoms with Crippen LogP contribution in [0, 0.1) is 34.0 Å². The lowest BCUT2D eigenvalue weighted by Crippen LogP contribution is -2.69. The van der Waals surface area contributed by atoms with Crippen LogP contribution in [0.25, 0.3) is 0 Å². The molecule has 12 saturated carbocycles. The van der Waals surface area contributed by atoms with E-state index in [0.717, 1.165) is 64.2 Å². The van der Waals surface area contributed by atoms with E-state index >= 15 is 0 Å². The van der Waals surface area contributed by atoms with Crippen LogP contribution in [0.15, 0.2) is 36.5 Å². The van der Waals surface area contributed by atoms with Crippen molar-refractivity contribution in [3.8, 4) is 0 Å². The van der Waals surface area contributed by atoms with Crippen molar-refractivity contribution in [1.29, 1.82) is 0 Å². The molecule has 0 aromatic rings. The molecule has 12 rings (SSSR count). The van der Waals surface area contributed by atoms with Crippen LogP contribution < -0.4 is 0 Å². The Kier molecular flexibility index (Phi) is 13.2. The summed E-state index contributed by atoms with van der Waals surface area (Å²) >= 11 is 0. The number of rotatable bonds is 12. The fourth-order valence-corrected chi connectivity index (χ4v) is 16.7. The molecule has 378 valence electrons. The highest BCUT2D eigenvalue weighted by Gasteiger charge is 2.69. The Bertz CT molecular complexity index is 1930. The van der Waals surface area contributed by atoms with Gasteiger partial charge in [-0.25, -0.2) is 28.8 Å². The van der Waals surface area contributed by atoms with E-state index in [2.05, 4.69) is 33.6 Å². The smallest absolute Gasteiger partial charge is 0.344 e. The number of carbonyl (C=O) groups excluding carboxylic acids is 6. The van der Waals surface area contributed by atoms with Crippen molar-refractivity contribution in [2.24, 2.45) is 34.0 Å². The lowest BCUT2D eigenvalue weighted by atomic mass is 9.42. The molecular formula is C52H74O16. The molecule has 0 aromatic carbocycles. The Labute approximate surface area is 399 Å². The van der Waals surface area contributed by atoms with E-state index in [1.165, 1.54) is 20.8 Å². The SMILES string of the molecule is C=C(C)C(=O)OCC(=O)OC12CC3(C)CC(C)(CC(O)(C3)C1)C2.C=C(C)C(=O)OCC(=O)OC12CC3(C)CC(O)(CC(O)(C3)C1)C2.C=C(C)C(=O)OCC(=O)OC12CC3CC(CC(O)(C3)C1C)C2. The summed E-state index contributed by atoms with van der Waals surface area (Å²) in [4.78, 5) is 70.4. The van der Waals surface area contributed by atoms with Crippen molar-refractivity contribution >= 4 is 35.8 Å². The van der Waals surface area contributed by atoms with Gasteiger partial charge in [0.25, 0.3) is 0 Å². The van der Waals surface area contributed by atoms with Crippen molar-refractivity contribution in [2.75, 3.05) is 19.8 Å². The van der Waals surface area contributed by atoms with Gasteiger partial charge < -0.3 is 48.8 Å². The fourth-order valence-electron chi connectivity index (χ4n) is 16.7. The third kappa shape index (κ3) is 10.8. The van der Waals surface area contributed by atoms with Crippen LogP contribution in [-0.4, -0.2) is 115 Å². The maximum absolute atomic E-state index is 12.2. The third-order valence-electron chi connectivity index (χ3n) is 16.5. The molecule has 16 nitrogen and oxygen atoms in total. The summed E-state index contributed by atoms with van der Waals surface area (Å²) in [6, 6.07) is 0. The van der Waals surface area contributed by atoms with Gasteiger partial charge in [-0.05, 0) is 132 Å². The molecule has 7 atom stereocenters. The summed E-state index contributed by atoms with van der Waals surface area (Å²) < 4.78 is 31.7. The minimum Gasteiger partial charge on any atom is -0.456 e. The van der Waals surface area contributed by atoms with Crippen molar-refractivity contribution in [1.82, 2.24) is 0 Å². The summed E-state index contributed by atoms with van der Waals surface area (Å²) in [6.45, 7) is 22.0. The first-order chi connectivity index (χ1) is 31.2. The first-order valence-electron chi connectivity index (χ1n) is 24.2. The van der Waals surface area contributed by atoms with E-state index in [1.54, 1.807) is 0 Å². The Balaban J connectivity index is 0.000000151. The van der Waals surface area contributed by atoms with Crippen molar-refractivity contribution < 1.29 is 77.6 Å². The lowest BCUT2D eigenvalue weighted by molar-refractivity contribution is -0.282. The molecule has 0 amide bonds. The number of esters is 6. The fraction of sp³-hybridized carbons (Fsp3) is 0.769. The first-order valence-corrected chi connectivity index (χ1v) is 24.2. The molecule has 12 aliphatic rings. The van der Waals surface area contributed by atoms with Gasteiger partial charge in [-0.2, -0.15) is 0 Å². The molecule has 12 fully saturated rings. The lowest BCUT2D eigenvalue weighted by Gasteiger charge is -2.67. The van der Waals surface area contributed by atoms with Gasteiger partial charge in [0.2, 0.25) is 0 Å². The Morgan fingerprint density at radius 2 is 0.794 bits per heavy atom. The van der Waals surface area contributed by atoms with E-state index in [-0.39, 0.29) is 38.9 Å². The van der Waals surface area contributed by atoms with Crippen molar-refractivity contribution in [3.05, 3.63) is 36.5 Å². The number of ether oxygens (including phenoxy) is 6. The molecule has 0 radical (unpaired) electrons. The normalized spacial score (nSPS) is 43.4. The standard InChI is InChI=1S/C18H26O5.C17H24O6.C17H24O5/c1-12(2)14(20)22-5-13(19)23-18-9-15(3)6-16(4,10-18)8-17(21,7-15)11-18;1-11(2)13(19)22-4-12(18)23-17-7-14(3)5-15(20,9-17)8-16(21,6-14)10-17;1-10(2)15(19)21-9-14(18)22-17-7-12-4-13(8-17)6-16(20,5-12)11(17)3/h21H,1,5-11H2,2-4H3;20-21H,1,4-10H2,2-3H3;11-13,20H,1,4-9H2,2-3H3. The summed E-state index contributed by atoms with van der Waals surface area (Å²) in [7, 11) is 0. The minimum atomic E-state index is -0.993. The average Bonchev–Trinajstić information content (AvgIpc) is 3.13. The number of hydrogen-bond donors (Lipinski definition) is 4. The molecule has 7 unspecified atom stereocenters. The van der Waals surface area contributed by atoms with Crippen LogP contribution in [0.5, 0.6) is 0 Å². The van der Waals surface area contributed by atoms with Crippen LogP contribution in [0.3, 0.4) is 0 Å². The van der Waals surface area contributed by atoms with Crippen molar-refractivity contribution in [3.63, 3.8) is 0 Å². The summed E-state index contributed by atoms with van der Waals surface area (Å²) in [5, 5.41) is 43.3. The molecular weight excluding hydrogens is 881 g/mol. The van der Waals surface area contributed by atoms with E-state index in [4.69, 9.17) is 28.4 Å². The third-order valence-corrected chi connectivity index (χ3v) is 16.5. The molecule has 0 saturated heterocycles. The van der Waals surface area contributed by atoms with Gasteiger partial charge in [-0.15, -0.1) is 0 Å². The van der Waals surface area contributed by atoms with Gasteiger partial charge in [0.1, 0.15) is 16.8 Å². The molecule has 68 heavy (non-hydrogen) atoms. The summed E-state index contributed by atoms with van der Waals surface area (Å²) in [5.41, 5.74) is -5.04. The molecule has 0 aromatic heterocycles. The second kappa shape index (κ2) is 17.3. The summed E-state index contributed by atoms with van der Waals surface area (Å²) in [5.74, 6) is -2.77. The summed E-state index contributed by atoms with van der Waals surface area (Å²) in [6.07, 6.45) is 11.9. The number of carbonyl (C=O) groups is 6. The molecule has 4 N–H and O–H groups in total. The van der Waals surface area contributed by atoms with Crippen LogP contribution in [-0.2, 0) is 57.2 Å². The van der Waals surface area contributed by atoms with Crippen LogP contribution in [0.2, 0.25) is 0 Å². The van der Waals surface area contributed by atoms with Crippen molar-refractivity contribution in [2.45, 2.75) is 197 Å². The van der Waals surface area contributed by atoms with Gasteiger partial charge in [-0.3, -0.25) is 0 Å². The quantitative estimate of drug-likeness (QED) is 0.104. The predicted octanol–water partition coefficient (Wildman–Crippen LogP) is 5.73. The zero-order chi connectivity index (χ0) is 50.3. The molecule has 12 bridgehead atoms. The van der Waals surface area contributed by atoms with Gasteiger partial charge in [-0.1, -0.05) is 47.4 Å². The molecule has 12 aliphatic carbocycles. The Morgan fingerprint density at radius 3 is 1.13 bits per heavy atom. The van der Waals surface area contributed by atoms with Crippen LogP contribution >= 0.6 is 0 Å². The van der Waals surface area contributed by atoms with Gasteiger partial charge in [0, 0.05) is 48.3 Å².